The lowest BCUT2D eigenvalue weighted by Crippen LogP contribution is -2.36. The van der Waals surface area contributed by atoms with Gasteiger partial charge in [-0.25, -0.2) is 0 Å². The van der Waals surface area contributed by atoms with Crippen molar-refractivity contribution in [2.45, 2.75) is 19.5 Å². The molecule has 0 saturated carbocycles. The fourth-order valence-corrected chi connectivity index (χ4v) is 3.03. The van der Waals surface area contributed by atoms with Gasteiger partial charge < -0.3 is 9.73 Å². The van der Waals surface area contributed by atoms with Crippen LogP contribution in [0.3, 0.4) is 0 Å². The second-order valence-electron chi connectivity index (χ2n) is 6.28. The molecule has 1 aromatic heterocycles. The van der Waals surface area contributed by atoms with Crippen molar-refractivity contribution in [1.29, 1.82) is 0 Å². The standard InChI is InChI=1S/C20H21ClN2O2/c1-14(19-11-16-7-3-4-9-18(16)25-19)22-20(24)13-23(2)12-15-6-5-8-17(21)10-15/h3-11,14H,12-13H2,1-2H3,(H,22,24)/t14-/m1/s1. The number of carbonyl (C=O) groups excluding carboxylic acids is 1. The zero-order chi connectivity index (χ0) is 17.8. The predicted octanol–water partition coefficient (Wildman–Crippen LogP) is 4.40. The number of furan rings is 1. The third-order valence-corrected chi connectivity index (χ3v) is 4.24. The number of nitrogens with zero attached hydrogens (tertiary/aromatic N) is 1. The van der Waals surface area contributed by atoms with E-state index in [2.05, 4.69) is 5.32 Å². The molecule has 1 amide bonds. The molecule has 0 radical (unpaired) electrons. The zero-order valence-electron chi connectivity index (χ0n) is 14.3. The highest BCUT2D eigenvalue weighted by atomic mass is 35.5. The minimum atomic E-state index is -0.181. The molecule has 130 valence electrons. The van der Waals surface area contributed by atoms with E-state index in [1.54, 1.807) is 0 Å². The number of carbonyl (C=O) groups is 1. The van der Waals surface area contributed by atoms with Crippen molar-refractivity contribution in [3.63, 3.8) is 0 Å². The fraction of sp³-hybridized carbons (Fsp3) is 0.250. The first-order valence-corrected chi connectivity index (χ1v) is 8.60. The molecule has 1 N–H and O–H groups in total. The van der Waals surface area contributed by atoms with Gasteiger partial charge in [0.1, 0.15) is 11.3 Å². The van der Waals surface area contributed by atoms with Crippen LogP contribution in [0.25, 0.3) is 11.0 Å². The van der Waals surface area contributed by atoms with Crippen molar-refractivity contribution >= 4 is 28.5 Å². The monoisotopic (exact) mass is 356 g/mol. The van der Waals surface area contributed by atoms with Crippen LogP contribution in [0.15, 0.2) is 59.0 Å². The number of amides is 1. The summed E-state index contributed by atoms with van der Waals surface area (Å²) in [5.41, 5.74) is 1.91. The van der Waals surface area contributed by atoms with Gasteiger partial charge in [0.2, 0.25) is 5.91 Å². The largest absolute Gasteiger partial charge is 0.459 e. The Morgan fingerprint density at radius 1 is 1.20 bits per heavy atom. The van der Waals surface area contributed by atoms with E-state index in [1.807, 2.05) is 73.5 Å². The molecule has 2 aromatic carbocycles. The quantitative estimate of drug-likeness (QED) is 0.712. The molecule has 0 unspecified atom stereocenters. The summed E-state index contributed by atoms with van der Waals surface area (Å²) in [6.07, 6.45) is 0. The van der Waals surface area contributed by atoms with Crippen molar-refractivity contribution < 1.29 is 9.21 Å². The average molecular weight is 357 g/mol. The highest BCUT2D eigenvalue weighted by Crippen LogP contribution is 2.23. The first-order valence-electron chi connectivity index (χ1n) is 8.22. The topological polar surface area (TPSA) is 45.5 Å². The van der Waals surface area contributed by atoms with Crippen molar-refractivity contribution in [1.82, 2.24) is 10.2 Å². The zero-order valence-corrected chi connectivity index (χ0v) is 15.1. The first kappa shape index (κ1) is 17.5. The summed E-state index contributed by atoms with van der Waals surface area (Å²) < 4.78 is 5.80. The number of para-hydroxylation sites is 1. The summed E-state index contributed by atoms with van der Waals surface area (Å²) in [5.74, 6) is 0.713. The Morgan fingerprint density at radius 2 is 2.00 bits per heavy atom. The normalized spacial score (nSPS) is 12.5. The third-order valence-electron chi connectivity index (χ3n) is 4.00. The Morgan fingerprint density at radius 3 is 2.76 bits per heavy atom. The second-order valence-corrected chi connectivity index (χ2v) is 6.71. The maximum atomic E-state index is 12.3. The highest BCUT2D eigenvalue weighted by molar-refractivity contribution is 6.30. The van der Waals surface area contributed by atoms with E-state index in [-0.39, 0.29) is 11.9 Å². The Kier molecular flexibility index (Phi) is 5.41. The Balaban J connectivity index is 1.56. The van der Waals surface area contributed by atoms with E-state index in [1.165, 1.54) is 0 Å². The summed E-state index contributed by atoms with van der Waals surface area (Å²) in [6, 6.07) is 17.3. The van der Waals surface area contributed by atoms with Crippen LogP contribution < -0.4 is 5.32 Å². The maximum Gasteiger partial charge on any atom is 0.234 e. The van der Waals surface area contributed by atoms with Gasteiger partial charge >= 0.3 is 0 Å². The smallest absolute Gasteiger partial charge is 0.234 e. The van der Waals surface area contributed by atoms with Gasteiger partial charge in [0.05, 0.1) is 12.6 Å². The van der Waals surface area contributed by atoms with E-state index in [4.69, 9.17) is 16.0 Å². The molecule has 0 aliphatic rings. The number of benzene rings is 2. The minimum absolute atomic E-state index is 0.0440. The number of hydrogen-bond donors (Lipinski definition) is 1. The summed E-state index contributed by atoms with van der Waals surface area (Å²) in [5, 5.41) is 4.73. The third kappa shape index (κ3) is 4.62. The molecular formula is C20H21ClN2O2. The van der Waals surface area contributed by atoms with Gasteiger partial charge in [-0.05, 0) is 43.8 Å². The van der Waals surface area contributed by atoms with E-state index in [0.717, 1.165) is 22.3 Å². The lowest BCUT2D eigenvalue weighted by Gasteiger charge is -2.18. The molecule has 25 heavy (non-hydrogen) atoms. The molecule has 1 atom stereocenters. The Labute approximate surface area is 152 Å². The number of hydrogen-bond acceptors (Lipinski definition) is 3. The Hall–Kier alpha value is -2.30. The second kappa shape index (κ2) is 7.72. The van der Waals surface area contributed by atoms with Crippen LogP contribution in [-0.4, -0.2) is 24.4 Å². The van der Waals surface area contributed by atoms with Crippen molar-refractivity contribution in [2.24, 2.45) is 0 Å². The summed E-state index contributed by atoms with van der Waals surface area (Å²) >= 11 is 6.00. The van der Waals surface area contributed by atoms with Crippen LogP contribution >= 0.6 is 11.6 Å². The molecule has 0 fully saturated rings. The van der Waals surface area contributed by atoms with Crippen molar-refractivity contribution in [3.05, 3.63) is 70.9 Å². The lowest BCUT2D eigenvalue weighted by atomic mass is 10.2. The van der Waals surface area contributed by atoms with Crippen molar-refractivity contribution in [3.8, 4) is 0 Å². The Bertz CT molecular complexity index is 842. The molecule has 0 aliphatic heterocycles. The van der Waals surface area contributed by atoms with E-state index in [9.17, 15) is 4.79 Å². The molecule has 0 spiro atoms. The van der Waals surface area contributed by atoms with Crippen LogP contribution in [0.4, 0.5) is 0 Å². The van der Waals surface area contributed by atoms with Gasteiger partial charge in [0, 0.05) is 17.0 Å². The van der Waals surface area contributed by atoms with Crippen LogP contribution in [0, 0.1) is 0 Å². The fourth-order valence-electron chi connectivity index (χ4n) is 2.82. The van der Waals surface area contributed by atoms with E-state index < -0.39 is 0 Å². The van der Waals surface area contributed by atoms with Gasteiger partial charge in [-0.1, -0.05) is 41.9 Å². The predicted molar refractivity (Wildman–Crippen MR) is 101 cm³/mol. The number of rotatable bonds is 6. The van der Waals surface area contributed by atoms with Gasteiger partial charge in [0.25, 0.3) is 0 Å². The summed E-state index contributed by atoms with van der Waals surface area (Å²) in [7, 11) is 1.91. The van der Waals surface area contributed by atoms with Gasteiger partial charge in [-0.2, -0.15) is 0 Å². The molecule has 0 saturated heterocycles. The van der Waals surface area contributed by atoms with E-state index >= 15 is 0 Å². The van der Waals surface area contributed by atoms with Crippen LogP contribution in [-0.2, 0) is 11.3 Å². The van der Waals surface area contributed by atoms with Crippen LogP contribution in [0.2, 0.25) is 5.02 Å². The number of fused-ring (bicyclic) bond motifs is 1. The molecular weight excluding hydrogens is 336 g/mol. The number of nitrogens with one attached hydrogen (secondary N) is 1. The highest BCUT2D eigenvalue weighted by Gasteiger charge is 2.15. The van der Waals surface area contributed by atoms with Gasteiger partial charge in [-0.15, -0.1) is 0 Å². The number of likely N-dealkylation sites (N-methyl/N-ethyl adjacent to an activating group) is 1. The lowest BCUT2D eigenvalue weighted by molar-refractivity contribution is -0.122. The molecule has 1 heterocycles. The summed E-state index contributed by atoms with van der Waals surface area (Å²) in [6.45, 7) is 2.89. The van der Waals surface area contributed by atoms with Crippen LogP contribution in [0.1, 0.15) is 24.3 Å². The molecule has 0 bridgehead atoms. The van der Waals surface area contributed by atoms with Gasteiger partial charge in [0.15, 0.2) is 0 Å². The molecule has 3 rings (SSSR count). The average Bonchev–Trinajstić information content (AvgIpc) is 2.98. The molecule has 3 aromatic rings. The first-order chi connectivity index (χ1) is 12.0. The van der Waals surface area contributed by atoms with Gasteiger partial charge in [-0.3, -0.25) is 9.69 Å². The number of halogens is 1. The summed E-state index contributed by atoms with van der Waals surface area (Å²) in [4.78, 5) is 14.2. The van der Waals surface area contributed by atoms with Crippen molar-refractivity contribution in [2.75, 3.05) is 13.6 Å². The maximum absolute atomic E-state index is 12.3. The minimum Gasteiger partial charge on any atom is -0.459 e. The van der Waals surface area contributed by atoms with E-state index in [0.29, 0.717) is 18.1 Å². The SMILES string of the molecule is C[C@@H](NC(=O)CN(C)Cc1cccc(Cl)c1)c1cc2ccccc2o1. The molecule has 0 aliphatic carbocycles. The van der Waals surface area contributed by atoms with Crippen LogP contribution in [0.5, 0.6) is 0 Å². The molecule has 4 nitrogen and oxygen atoms in total. The molecule has 5 heteroatoms.